The lowest BCUT2D eigenvalue weighted by Crippen LogP contribution is -1.88. The third kappa shape index (κ3) is 6.56. The Bertz CT molecular complexity index is 490. The fourth-order valence-electron chi connectivity index (χ4n) is 1.53. The molecule has 0 aliphatic carbocycles. The number of aliphatic imine (C=N–C) groups is 1. The Morgan fingerprint density at radius 2 is 1.58 bits per heavy atom. The average molecular weight is 255 g/mol. The van der Waals surface area contributed by atoms with Gasteiger partial charge in [-0.25, -0.2) is 0 Å². The summed E-state index contributed by atoms with van der Waals surface area (Å²) in [4.78, 5) is 4.22. The first-order valence-corrected chi connectivity index (χ1v) is 6.33. The molecule has 1 nitrogen and oxygen atoms in total. The van der Waals surface area contributed by atoms with E-state index in [1.54, 1.807) is 6.21 Å². The molecule has 0 saturated heterocycles. The number of rotatable bonds is 6. The first-order chi connectivity index (χ1) is 8.79. The van der Waals surface area contributed by atoms with E-state index < -0.39 is 0 Å². The van der Waals surface area contributed by atoms with Gasteiger partial charge < -0.3 is 0 Å². The second-order valence-electron chi connectivity index (χ2n) is 4.93. The summed E-state index contributed by atoms with van der Waals surface area (Å²) in [5.74, 6) is 0. The van der Waals surface area contributed by atoms with Crippen LogP contribution in [-0.2, 0) is 0 Å². The minimum atomic E-state index is 0.931. The van der Waals surface area contributed by atoms with Crippen LogP contribution in [0.15, 0.2) is 76.5 Å². The Morgan fingerprint density at radius 3 is 1.95 bits per heavy atom. The predicted molar refractivity (Wildman–Crippen MR) is 88.5 cm³/mol. The van der Waals surface area contributed by atoms with Gasteiger partial charge in [-0.2, -0.15) is 0 Å². The monoisotopic (exact) mass is 255 g/mol. The maximum Gasteiger partial charge on any atom is 0.0303 e. The zero-order chi connectivity index (χ0) is 15.0. The van der Waals surface area contributed by atoms with E-state index in [-0.39, 0.29) is 0 Å². The number of allylic oxidation sites excluding steroid dienone is 8. The van der Waals surface area contributed by atoms with Gasteiger partial charge in [0.1, 0.15) is 0 Å². The largest absolute Gasteiger partial charge is 0.264 e. The molecule has 0 N–H and O–H groups in total. The molecule has 0 heterocycles. The second kappa shape index (κ2) is 8.25. The van der Waals surface area contributed by atoms with Crippen LogP contribution in [-0.4, -0.2) is 6.21 Å². The predicted octanol–water partition coefficient (Wildman–Crippen LogP) is 5.56. The highest BCUT2D eigenvalue weighted by Crippen LogP contribution is 2.20. The van der Waals surface area contributed by atoms with Gasteiger partial charge >= 0.3 is 0 Å². The molecule has 0 unspecified atom stereocenters. The van der Waals surface area contributed by atoms with E-state index in [9.17, 15) is 0 Å². The third-order valence-corrected chi connectivity index (χ3v) is 2.54. The lowest BCUT2D eigenvalue weighted by molar-refractivity contribution is 1.27. The second-order valence-corrected chi connectivity index (χ2v) is 4.93. The van der Waals surface area contributed by atoms with Gasteiger partial charge in [0.25, 0.3) is 0 Å². The van der Waals surface area contributed by atoms with Crippen molar-refractivity contribution in [1.29, 1.82) is 0 Å². The molecular formula is C18H25N. The molecule has 102 valence electrons. The summed E-state index contributed by atoms with van der Waals surface area (Å²) in [6.07, 6.45) is 7.51. The Balaban J connectivity index is 5.44. The number of hydrogen-bond donors (Lipinski definition) is 0. The van der Waals surface area contributed by atoms with Crippen molar-refractivity contribution in [3.05, 3.63) is 71.5 Å². The minimum absolute atomic E-state index is 0.931. The summed E-state index contributed by atoms with van der Waals surface area (Å²) in [7, 11) is 0. The van der Waals surface area contributed by atoms with Crippen molar-refractivity contribution in [2.45, 2.75) is 34.6 Å². The van der Waals surface area contributed by atoms with Crippen LogP contribution in [0, 0.1) is 0 Å². The van der Waals surface area contributed by atoms with Gasteiger partial charge in [-0.05, 0) is 63.0 Å². The molecule has 0 aliphatic heterocycles. The van der Waals surface area contributed by atoms with Crippen LogP contribution in [0.3, 0.4) is 0 Å². The van der Waals surface area contributed by atoms with E-state index >= 15 is 0 Å². The van der Waals surface area contributed by atoms with Crippen molar-refractivity contribution in [2.75, 3.05) is 0 Å². The molecule has 19 heavy (non-hydrogen) atoms. The van der Waals surface area contributed by atoms with Gasteiger partial charge in [0, 0.05) is 12.4 Å². The van der Waals surface area contributed by atoms with Crippen molar-refractivity contribution >= 4 is 6.21 Å². The van der Waals surface area contributed by atoms with Crippen LogP contribution in [0.2, 0.25) is 0 Å². The van der Waals surface area contributed by atoms with E-state index in [2.05, 4.69) is 44.7 Å². The average Bonchev–Trinajstić information content (AvgIpc) is 2.28. The standard InChI is InChI=1S/C18H25N/c1-9-17(10-18(14(4)5)15(6)7)16(8)12-19-11-13(2)3/h9-12H,1-2,4H2,3,5-8H3/b16-12+,17-10+,19-11-. The van der Waals surface area contributed by atoms with Gasteiger partial charge in [-0.15, -0.1) is 0 Å². The molecule has 0 saturated carbocycles. The summed E-state index contributed by atoms with van der Waals surface area (Å²) in [5.41, 5.74) is 6.50. The topological polar surface area (TPSA) is 12.4 Å². The summed E-state index contributed by atoms with van der Waals surface area (Å²) >= 11 is 0. The molecule has 0 aromatic rings. The van der Waals surface area contributed by atoms with E-state index in [0.29, 0.717) is 0 Å². The third-order valence-electron chi connectivity index (χ3n) is 2.54. The molecular weight excluding hydrogens is 230 g/mol. The fraction of sp³-hybridized carbons (Fsp3) is 0.278. The smallest absolute Gasteiger partial charge is 0.0303 e. The first kappa shape index (κ1) is 17.1. The Kier molecular flexibility index (Phi) is 7.43. The van der Waals surface area contributed by atoms with E-state index in [0.717, 1.165) is 27.9 Å². The Labute approximate surface area is 118 Å². The van der Waals surface area contributed by atoms with Crippen LogP contribution in [0.25, 0.3) is 0 Å². The van der Waals surface area contributed by atoms with Crippen LogP contribution in [0.4, 0.5) is 0 Å². The van der Waals surface area contributed by atoms with Crippen molar-refractivity contribution in [3.63, 3.8) is 0 Å². The quantitative estimate of drug-likeness (QED) is 0.435. The highest BCUT2D eigenvalue weighted by atomic mass is 14.7. The minimum Gasteiger partial charge on any atom is -0.264 e. The molecule has 0 bridgehead atoms. The lowest BCUT2D eigenvalue weighted by Gasteiger charge is -2.08. The van der Waals surface area contributed by atoms with E-state index in [4.69, 9.17) is 0 Å². The number of hydrogen-bond acceptors (Lipinski definition) is 1. The molecule has 0 amide bonds. The zero-order valence-electron chi connectivity index (χ0n) is 12.9. The van der Waals surface area contributed by atoms with Crippen LogP contribution < -0.4 is 0 Å². The lowest BCUT2D eigenvalue weighted by atomic mass is 9.98. The molecule has 0 aromatic carbocycles. The molecule has 0 fully saturated rings. The molecule has 0 radical (unpaired) electrons. The molecule has 1 heteroatoms. The Hall–Kier alpha value is -1.89. The van der Waals surface area contributed by atoms with E-state index in [1.165, 1.54) is 5.57 Å². The van der Waals surface area contributed by atoms with Gasteiger partial charge in [0.05, 0.1) is 0 Å². The van der Waals surface area contributed by atoms with Crippen LogP contribution in [0.1, 0.15) is 34.6 Å². The molecule has 0 aliphatic rings. The van der Waals surface area contributed by atoms with Crippen LogP contribution in [0.5, 0.6) is 0 Å². The zero-order valence-corrected chi connectivity index (χ0v) is 12.9. The van der Waals surface area contributed by atoms with Gasteiger partial charge in [0.2, 0.25) is 0 Å². The first-order valence-electron chi connectivity index (χ1n) is 6.33. The maximum absolute atomic E-state index is 4.22. The normalized spacial score (nSPS) is 12.5. The van der Waals surface area contributed by atoms with Gasteiger partial charge in [-0.1, -0.05) is 37.0 Å². The summed E-state index contributed by atoms with van der Waals surface area (Å²) < 4.78 is 0. The molecule has 0 spiro atoms. The van der Waals surface area contributed by atoms with Crippen LogP contribution >= 0.6 is 0 Å². The highest BCUT2D eigenvalue weighted by Gasteiger charge is 2.01. The summed E-state index contributed by atoms with van der Waals surface area (Å²) in [6, 6.07) is 0. The van der Waals surface area contributed by atoms with Crippen molar-refractivity contribution in [3.8, 4) is 0 Å². The molecule has 0 aromatic heterocycles. The maximum atomic E-state index is 4.22. The highest BCUT2D eigenvalue weighted by molar-refractivity contribution is 5.77. The summed E-state index contributed by atoms with van der Waals surface area (Å²) in [6.45, 7) is 21.8. The SMILES string of the molecule is C=CC(=C\C(C(=C)C)=C(C)C)/C(C)=C/N=C\C(=C)C. The fourth-order valence-corrected chi connectivity index (χ4v) is 1.53. The molecule has 0 atom stereocenters. The number of nitrogens with zero attached hydrogens (tertiary/aromatic N) is 1. The van der Waals surface area contributed by atoms with Crippen molar-refractivity contribution < 1.29 is 0 Å². The summed E-state index contributed by atoms with van der Waals surface area (Å²) in [5, 5.41) is 0. The van der Waals surface area contributed by atoms with Crippen molar-refractivity contribution in [1.82, 2.24) is 0 Å². The van der Waals surface area contributed by atoms with Gasteiger partial charge in [-0.3, -0.25) is 4.99 Å². The van der Waals surface area contributed by atoms with Gasteiger partial charge in [0.15, 0.2) is 0 Å². The van der Waals surface area contributed by atoms with Crippen molar-refractivity contribution in [2.24, 2.45) is 4.99 Å². The van der Waals surface area contributed by atoms with E-state index in [1.807, 2.05) is 33.0 Å². The Morgan fingerprint density at radius 1 is 1.00 bits per heavy atom. The molecule has 0 rings (SSSR count).